The minimum Gasteiger partial charge on any atom is -0.373 e. The minimum absolute atomic E-state index is 0.176. The van der Waals surface area contributed by atoms with Gasteiger partial charge in [-0.2, -0.15) is 0 Å². The van der Waals surface area contributed by atoms with Crippen molar-refractivity contribution in [2.24, 2.45) is 0 Å². The van der Waals surface area contributed by atoms with Gasteiger partial charge in [-0.25, -0.2) is 13.4 Å². The maximum Gasteiger partial charge on any atom is 0.262 e. The number of benzene rings is 1. The molecule has 0 fully saturated rings. The molecule has 0 radical (unpaired) electrons. The lowest BCUT2D eigenvalue weighted by Crippen LogP contribution is -2.14. The van der Waals surface area contributed by atoms with Gasteiger partial charge in [0.25, 0.3) is 10.0 Å². The van der Waals surface area contributed by atoms with Gasteiger partial charge in [-0.3, -0.25) is 4.72 Å². The number of nitrogens with one attached hydrogen (secondary N) is 2. The van der Waals surface area contributed by atoms with Gasteiger partial charge in [-0.1, -0.05) is 18.2 Å². The molecule has 1 aromatic heterocycles. The average Bonchev–Trinajstić information content (AvgIpc) is 2.41. The summed E-state index contributed by atoms with van der Waals surface area (Å²) >= 11 is 0. The molecule has 6 heteroatoms. The van der Waals surface area contributed by atoms with E-state index >= 15 is 0 Å². The van der Waals surface area contributed by atoms with Crippen LogP contribution in [0.2, 0.25) is 0 Å². The van der Waals surface area contributed by atoms with Gasteiger partial charge in [0, 0.05) is 19.3 Å². The fraction of sp³-hybridized carbons (Fsp3) is 0.154. The van der Waals surface area contributed by atoms with E-state index in [1.165, 1.54) is 18.3 Å². The molecule has 0 aliphatic rings. The highest BCUT2D eigenvalue weighted by Crippen LogP contribution is 2.20. The number of anilines is 2. The van der Waals surface area contributed by atoms with Crippen LogP contribution in [0.15, 0.2) is 47.5 Å². The van der Waals surface area contributed by atoms with Crippen molar-refractivity contribution in [1.29, 1.82) is 0 Å². The van der Waals surface area contributed by atoms with Gasteiger partial charge in [-0.05, 0) is 24.6 Å². The number of hydrogen-bond acceptors (Lipinski definition) is 4. The maximum atomic E-state index is 12.3. The van der Waals surface area contributed by atoms with Gasteiger partial charge in [0.05, 0.1) is 10.6 Å². The molecule has 2 aromatic rings. The first-order valence-corrected chi connectivity index (χ1v) is 7.23. The van der Waals surface area contributed by atoms with Crippen LogP contribution in [0.25, 0.3) is 0 Å². The zero-order chi connectivity index (χ0) is 13.9. The SMILES string of the molecule is CNc1cc(S(=O)(=O)Nc2ccccc2C)ccn1. The van der Waals surface area contributed by atoms with Crippen molar-refractivity contribution >= 4 is 21.5 Å². The van der Waals surface area contributed by atoms with E-state index in [0.29, 0.717) is 11.5 Å². The number of rotatable bonds is 4. The summed E-state index contributed by atoms with van der Waals surface area (Å²) in [6, 6.07) is 10.2. The van der Waals surface area contributed by atoms with Crippen molar-refractivity contribution < 1.29 is 8.42 Å². The topological polar surface area (TPSA) is 71.1 Å². The van der Waals surface area contributed by atoms with Gasteiger partial charge >= 0.3 is 0 Å². The van der Waals surface area contributed by atoms with Crippen LogP contribution >= 0.6 is 0 Å². The molecule has 0 aliphatic heterocycles. The minimum atomic E-state index is -3.60. The van der Waals surface area contributed by atoms with Crippen LogP contribution in [-0.4, -0.2) is 20.4 Å². The summed E-state index contributed by atoms with van der Waals surface area (Å²) < 4.78 is 27.1. The summed E-state index contributed by atoms with van der Waals surface area (Å²) in [4.78, 5) is 4.17. The lowest BCUT2D eigenvalue weighted by molar-refractivity contribution is 0.601. The third-order valence-corrected chi connectivity index (χ3v) is 4.05. The molecule has 1 aromatic carbocycles. The van der Waals surface area contributed by atoms with E-state index in [2.05, 4.69) is 15.0 Å². The quantitative estimate of drug-likeness (QED) is 0.899. The van der Waals surface area contributed by atoms with Crippen LogP contribution in [0.5, 0.6) is 0 Å². The first-order valence-electron chi connectivity index (χ1n) is 5.75. The van der Waals surface area contributed by atoms with E-state index in [-0.39, 0.29) is 4.90 Å². The maximum absolute atomic E-state index is 12.3. The Bertz CT molecular complexity index is 684. The van der Waals surface area contributed by atoms with Crippen LogP contribution in [0, 0.1) is 6.92 Å². The lowest BCUT2D eigenvalue weighted by atomic mass is 10.2. The summed E-state index contributed by atoms with van der Waals surface area (Å²) in [5, 5.41) is 2.81. The van der Waals surface area contributed by atoms with Gasteiger partial charge in [0.2, 0.25) is 0 Å². The molecule has 0 bridgehead atoms. The molecule has 0 saturated carbocycles. The van der Waals surface area contributed by atoms with E-state index < -0.39 is 10.0 Å². The van der Waals surface area contributed by atoms with E-state index in [0.717, 1.165) is 5.56 Å². The molecule has 0 saturated heterocycles. The predicted molar refractivity (Wildman–Crippen MR) is 75.8 cm³/mol. The zero-order valence-electron chi connectivity index (χ0n) is 10.7. The summed E-state index contributed by atoms with van der Waals surface area (Å²) in [6.07, 6.45) is 1.46. The molecule has 5 nitrogen and oxygen atoms in total. The highest BCUT2D eigenvalue weighted by molar-refractivity contribution is 7.92. The Kier molecular flexibility index (Phi) is 3.71. The van der Waals surface area contributed by atoms with Crippen molar-refractivity contribution in [2.45, 2.75) is 11.8 Å². The van der Waals surface area contributed by atoms with Crippen molar-refractivity contribution in [3.05, 3.63) is 48.2 Å². The Labute approximate surface area is 112 Å². The third kappa shape index (κ3) is 3.03. The van der Waals surface area contributed by atoms with E-state index in [4.69, 9.17) is 0 Å². The van der Waals surface area contributed by atoms with Gasteiger partial charge in [0.1, 0.15) is 5.82 Å². The van der Waals surface area contributed by atoms with E-state index in [1.54, 1.807) is 19.2 Å². The molecular formula is C13H15N3O2S. The monoisotopic (exact) mass is 277 g/mol. The van der Waals surface area contributed by atoms with Crippen LogP contribution < -0.4 is 10.0 Å². The number of nitrogens with zero attached hydrogens (tertiary/aromatic N) is 1. The summed E-state index contributed by atoms with van der Waals surface area (Å²) in [7, 11) is -1.91. The van der Waals surface area contributed by atoms with Crippen molar-refractivity contribution in [3.63, 3.8) is 0 Å². The predicted octanol–water partition coefficient (Wildman–Crippen LogP) is 2.23. The Hall–Kier alpha value is -2.08. The molecule has 0 amide bonds. The third-order valence-electron chi connectivity index (χ3n) is 2.69. The number of para-hydroxylation sites is 1. The normalized spacial score (nSPS) is 11.1. The van der Waals surface area contributed by atoms with Crippen LogP contribution in [-0.2, 0) is 10.0 Å². The second-order valence-corrected chi connectivity index (χ2v) is 5.73. The molecular weight excluding hydrogens is 262 g/mol. The molecule has 2 N–H and O–H groups in total. The molecule has 100 valence electrons. The first-order chi connectivity index (χ1) is 9.03. The highest BCUT2D eigenvalue weighted by Gasteiger charge is 2.15. The molecule has 0 aliphatic carbocycles. The standard InChI is InChI=1S/C13H15N3O2S/c1-10-5-3-4-6-12(10)16-19(17,18)11-7-8-15-13(9-11)14-2/h3-9,16H,1-2H3,(H,14,15). The molecule has 0 atom stereocenters. The largest absolute Gasteiger partial charge is 0.373 e. The van der Waals surface area contributed by atoms with Crippen molar-refractivity contribution in [1.82, 2.24) is 4.98 Å². The van der Waals surface area contributed by atoms with E-state index in [1.807, 2.05) is 19.1 Å². The Morgan fingerprint density at radius 1 is 1.16 bits per heavy atom. The Balaban J connectivity index is 2.35. The second kappa shape index (κ2) is 5.27. The van der Waals surface area contributed by atoms with Crippen LogP contribution in [0.1, 0.15) is 5.56 Å². The Morgan fingerprint density at radius 2 is 1.89 bits per heavy atom. The molecule has 1 heterocycles. The van der Waals surface area contributed by atoms with Gasteiger partial charge < -0.3 is 5.32 Å². The summed E-state index contributed by atoms with van der Waals surface area (Å²) in [5.41, 5.74) is 1.44. The fourth-order valence-electron chi connectivity index (χ4n) is 1.61. The van der Waals surface area contributed by atoms with Gasteiger partial charge in [0.15, 0.2) is 0 Å². The second-order valence-electron chi connectivity index (χ2n) is 4.05. The summed E-state index contributed by atoms with van der Waals surface area (Å²) in [6.45, 7) is 1.85. The molecule has 0 unspecified atom stereocenters. The summed E-state index contributed by atoms with van der Waals surface area (Å²) in [5.74, 6) is 0.507. The number of hydrogen-bond donors (Lipinski definition) is 2. The smallest absolute Gasteiger partial charge is 0.262 e. The van der Waals surface area contributed by atoms with Gasteiger partial charge in [-0.15, -0.1) is 0 Å². The number of pyridine rings is 1. The van der Waals surface area contributed by atoms with E-state index in [9.17, 15) is 8.42 Å². The highest BCUT2D eigenvalue weighted by atomic mass is 32.2. The van der Waals surface area contributed by atoms with Crippen LogP contribution in [0.3, 0.4) is 0 Å². The number of sulfonamides is 1. The van der Waals surface area contributed by atoms with Crippen LogP contribution in [0.4, 0.5) is 11.5 Å². The lowest BCUT2D eigenvalue weighted by Gasteiger charge is -2.10. The average molecular weight is 277 g/mol. The first kappa shape index (κ1) is 13.4. The zero-order valence-corrected chi connectivity index (χ0v) is 11.5. The molecule has 0 spiro atoms. The molecule has 19 heavy (non-hydrogen) atoms. The molecule has 2 rings (SSSR count). The van der Waals surface area contributed by atoms with Crippen molar-refractivity contribution in [3.8, 4) is 0 Å². The Morgan fingerprint density at radius 3 is 2.58 bits per heavy atom. The fourth-order valence-corrected chi connectivity index (χ4v) is 2.75. The number of aryl methyl sites for hydroxylation is 1. The number of aromatic nitrogens is 1. The van der Waals surface area contributed by atoms with Crippen molar-refractivity contribution in [2.75, 3.05) is 17.1 Å².